The third kappa shape index (κ3) is 1.82. The maximum absolute atomic E-state index is 6.50. The van der Waals surface area contributed by atoms with Gasteiger partial charge in [-0.2, -0.15) is 0 Å². The molecule has 0 saturated heterocycles. The van der Waals surface area contributed by atoms with Crippen molar-refractivity contribution in [2.45, 2.75) is 32.6 Å². The van der Waals surface area contributed by atoms with E-state index in [9.17, 15) is 0 Å². The molecule has 2 aromatic rings. The Kier molecular flexibility index (Phi) is 2.76. The van der Waals surface area contributed by atoms with Gasteiger partial charge < -0.3 is 0 Å². The van der Waals surface area contributed by atoms with Crippen molar-refractivity contribution in [3.05, 3.63) is 39.0 Å². The summed E-state index contributed by atoms with van der Waals surface area (Å²) >= 11 is 12.8. The van der Waals surface area contributed by atoms with E-state index in [1.165, 1.54) is 18.4 Å². The summed E-state index contributed by atoms with van der Waals surface area (Å²) < 4.78 is 0. The second kappa shape index (κ2) is 4.15. The average Bonchev–Trinajstić information content (AvgIpc) is 2.31. The van der Waals surface area contributed by atoms with Crippen LogP contribution in [0, 0.1) is 6.92 Å². The van der Waals surface area contributed by atoms with Crippen molar-refractivity contribution in [1.29, 1.82) is 0 Å². The van der Waals surface area contributed by atoms with Gasteiger partial charge in [0.2, 0.25) is 0 Å². The van der Waals surface area contributed by atoms with Crippen LogP contribution in [0.1, 0.15) is 29.7 Å². The molecule has 1 heterocycles. The number of nitrogens with zero attached hydrogens (tertiary/aromatic N) is 1. The minimum Gasteiger partial charge on any atom is -0.251 e. The van der Waals surface area contributed by atoms with E-state index in [2.05, 4.69) is 6.07 Å². The molecule has 17 heavy (non-hydrogen) atoms. The van der Waals surface area contributed by atoms with Crippen LogP contribution in [-0.4, -0.2) is 4.98 Å². The molecule has 0 bridgehead atoms. The Balaban J connectivity index is 2.40. The third-order valence-corrected chi connectivity index (χ3v) is 4.11. The van der Waals surface area contributed by atoms with Crippen LogP contribution in [0.3, 0.4) is 0 Å². The lowest BCUT2D eigenvalue weighted by atomic mass is 9.94. The lowest BCUT2D eigenvalue weighted by molar-refractivity contribution is 0.671. The van der Waals surface area contributed by atoms with Crippen LogP contribution >= 0.6 is 23.2 Å². The van der Waals surface area contributed by atoms with Crippen LogP contribution in [0.25, 0.3) is 10.9 Å². The zero-order chi connectivity index (χ0) is 12.0. The number of aryl methyl sites for hydroxylation is 2. The molecule has 0 aliphatic heterocycles. The van der Waals surface area contributed by atoms with E-state index < -0.39 is 0 Å². The largest absolute Gasteiger partial charge is 0.251 e. The molecule has 0 N–H and O–H groups in total. The molecule has 3 rings (SSSR count). The fourth-order valence-corrected chi connectivity index (χ4v) is 3.23. The lowest BCUT2D eigenvalue weighted by Crippen LogP contribution is -2.06. The van der Waals surface area contributed by atoms with E-state index in [4.69, 9.17) is 28.2 Å². The van der Waals surface area contributed by atoms with Gasteiger partial charge in [0.05, 0.1) is 15.6 Å². The highest BCUT2D eigenvalue weighted by Gasteiger charge is 2.18. The second-order valence-corrected chi connectivity index (χ2v) is 5.49. The summed E-state index contributed by atoms with van der Waals surface area (Å²) in [5, 5.41) is 2.56. The van der Waals surface area contributed by atoms with Gasteiger partial charge in [0, 0.05) is 11.1 Å². The van der Waals surface area contributed by atoms with E-state index in [0.717, 1.165) is 40.0 Å². The number of pyridine rings is 1. The smallest absolute Gasteiger partial charge is 0.0906 e. The summed E-state index contributed by atoms with van der Waals surface area (Å²) in [6, 6.07) is 4.02. The van der Waals surface area contributed by atoms with Gasteiger partial charge in [-0.05, 0) is 55.9 Å². The van der Waals surface area contributed by atoms with Crippen molar-refractivity contribution in [3.8, 4) is 0 Å². The highest BCUT2D eigenvalue weighted by atomic mass is 35.5. The topological polar surface area (TPSA) is 12.9 Å². The van der Waals surface area contributed by atoms with Crippen LogP contribution in [0.2, 0.25) is 10.0 Å². The molecule has 0 spiro atoms. The average molecular weight is 266 g/mol. The molecule has 1 aromatic carbocycles. The number of halogens is 2. The number of benzene rings is 1. The quantitative estimate of drug-likeness (QED) is 0.671. The van der Waals surface area contributed by atoms with Crippen molar-refractivity contribution in [2.24, 2.45) is 0 Å². The summed E-state index contributed by atoms with van der Waals surface area (Å²) in [7, 11) is 0. The first-order valence-corrected chi connectivity index (χ1v) is 6.69. The molecule has 0 unspecified atom stereocenters. The molecule has 0 saturated carbocycles. The first-order valence-electron chi connectivity index (χ1n) is 5.94. The van der Waals surface area contributed by atoms with Crippen molar-refractivity contribution in [3.63, 3.8) is 0 Å². The highest BCUT2D eigenvalue weighted by Crippen LogP contribution is 2.35. The van der Waals surface area contributed by atoms with E-state index in [1.54, 1.807) is 0 Å². The summed E-state index contributed by atoms with van der Waals surface area (Å²) in [6.45, 7) is 2.03. The first kappa shape index (κ1) is 11.3. The van der Waals surface area contributed by atoms with Crippen LogP contribution in [0.5, 0.6) is 0 Å². The Labute approximate surface area is 111 Å². The van der Waals surface area contributed by atoms with Gasteiger partial charge in [-0.1, -0.05) is 23.2 Å². The minimum atomic E-state index is 0.704. The molecular weight excluding hydrogens is 253 g/mol. The number of fused-ring (bicyclic) bond motifs is 2. The number of hydrogen-bond acceptors (Lipinski definition) is 1. The van der Waals surface area contributed by atoms with E-state index in [-0.39, 0.29) is 0 Å². The third-order valence-electron chi connectivity index (χ3n) is 3.39. The van der Waals surface area contributed by atoms with Crippen LogP contribution in [0.15, 0.2) is 12.1 Å². The van der Waals surface area contributed by atoms with Gasteiger partial charge in [0.15, 0.2) is 0 Å². The molecule has 1 nitrogen and oxygen atoms in total. The van der Waals surface area contributed by atoms with Gasteiger partial charge in [0.1, 0.15) is 0 Å². The van der Waals surface area contributed by atoms with Gasteiger partial charge >= 0.3 is 0 Å². The molecule has 1 aromatic heterocycles. The molecule has 0 radical (unpaired) electrons. The van der Waals surface area contributed by atoms with Gasteiger partial charge in [0.25, 0.3) is 0 Å². The first-order chi connectivity index (χ1) is 8.16. The monoisotopic (exact) mass is 265 g/mol. The highest BCUT2D eigenvalue weighted by molar-refractivity contribution is 6.39. The van der Waals surface area contributed by atoms with E-state index in [0.29, 0.717) is 5.02 Å². The summed E-state index contributed by atoms with van der Waals surface area (Å²) in [5.74, 6) is 0. The summed E-state index contributed by atoms with van der Waals surface area (Å²) in [5.41, 5.74) is 4.34. The Bertz CT molecular complexity index is 605. The Morgan fingerprint density at radius 2 is 1.88 bits per heavy atom. The maximum Gasteiger partial charge on any atom is 0.0906 e. The van der Waals surface area contributed by atoms with Crippen molar-refractivity contribution >= 4 is 34.1 Å². The zero-order valence-corrected chi connectivity index (χ0v) is 11.2. The SMILES string of the molecule is Cc1cc(Cl)c2nc3c(c(Cl)c2c1)CCCC3. The Hall–Kier alpha value is -0.790. The predicted molar refractivity (Wildman–Crippen MR) is 73.1 cm³/mol. The number of hydrogen-bond donors (Lipinski definition) is 0. The van der Waals surface area contributed by atoms with Crippen molar-refractivity contribution in [1.82, 2.24) is 4.98 Å². The van der Waals surface area contributed by atoms with E-state index >= 15 is 0 Å². The molecule has 0 amide bonds. The lowest BCUT2D eigenvalue weighted by Gasteiger charge is -2.18. The molecule has 1 aliphatic rings. The Morgan fingerprint density at radius 1 is 1.12 bits per heavy atom. The van der Waals surface area contributed by atoms with Crippen molar-refractivity contribution in [2.75, 3.05) is 0 Å². The molecule has 1 aliphatic carbocycles. The normalized spacial score (nSPS) is 15.0. The molecule has 88 valence electrons. The molecule has 3 heteroatoms. The van der Waals surface area contributed by atoms with Crippen LogP contribution in [-0.2, 0) is 12.8 Å². The van der Waals surface area contributed by atoms with E-state index in [1.807, 2.05) is 13.0 Å². The van der Waals surface area contributed by atoms with Crippen molar-refractivity contribution < 1.29 is 0 Å². The maximum atomic E-state index is 6.50. The Morgan fingerprint density at radius 3 is 2.71 bits per heavy atom. The summed E-state index contributed by atoms with van der Waals surface area (Å²) in [6.07, 6.45) is 4.47. The minimum absolute atomic E-state index is 0.704. The fourth-order valence-electron chi connectivity index (χ4n) is 2.56. The zero-order valence-electron chi connectivity index (χ0n) is 9.69. The van der Waals surface area contributed by atoms with Crippen LogP contribution < -0.4 is 0 Å². The van der Waals surface area contributed by atoms with Crippen LogP contribution in [0.4, 0.5) is 0 Å². The molecule has 0 atom stereocenters. The summed E-state index contributed by atoms with van der Waals surface area (Å²) in [4.78, 5) is 4.70. The molecule has 0 fully saturated rings. The van der Waals surface area contributed by atoms with Gasteiger partial charge in [-0.15, -0.1) is 0 Å². The fraction of sp³-hybridized carbons (Fsp3) is 0.357. The number of aromatic nitrogens is 1. The second-order valence-electron chi connectivity index (χ2n) is 4.70. The van der Waals surface area contributed by atoms with Gasteiger partial charge in [-0.25, -0.2) is 0 Å². The predicted octanol–water partition coefficient (Wildman–Crippen LogP) is 4.73. The standard InChI is InChI=1S/C14H13Cl2N/c1-8-6-10-13(16)9-4-2-3-5-12(9)17-14(10)11(15)7-8/h6-7H,2-5H2,1H3. The molecular formula is C14H13Cl2N. The number of rotatable bonds is 0. The van der Waals surface area contributed by atoms with Gasteiger partial charge in [-0.3, -0.25) is 4.98 Å².